The largest absolute Gasteiger partial charge is 0.469 e. The molecule has 0 aromatic carbocycles. The average Bonchev–Trinajstić information content (AvgIpc) is 2.81. The molecule has 0 saturated heterocycles. The zero-order chi connectivity index (χ0) is 26.2. The molecule has 2 N–H and O–H groups in total. The van der Waals surface area contributed by atoms with Gasteiger partial charge in [0.1, 0.15) is 6.61 Å². The fraction of sp³-hybridized carbons (Fsp3) is 0.923. The normalized spacial score (nSPS) is 12.5. The van der Waals surface area contributed by atoms with Gasteiger partial charge in [-0.15, -0.1) is 0 Å². The highest BCUT2D eigenvalue weighted by molar-refractivity contribution is 7.46. The summed E-state index contributed by atoms with van der Waals surface area (Å²) in [6.07, 6.45) is 18.6. The molecular weight excluding hydrogens is 471 g/mol. The maximum Gasteiger partial charge on any atom is 0.469 e. The van der Waals surface area contributed by atoms with Gasteiger partial charge in [-0.1, -0.05) is 110 Å². The summed E-state index contributed by atoms with van der Waals surface area (Å²) in [7, 11) is -4.72. The van der Waals surface area contributed by atoms with Crippen LogP contribution in [0.3, 0.4) is 0 Å². The van der Waals surface area contributed by atoms with Crippen molar-refractivity contribution in [3.05, 3.63) is 0 Å². The lowest BCUT2D eigenvalue weighted by Crippen LogP contribution is -2.29. The van der Waals surface area contributed by atoms with Gasteiger partial charge in [0.2, 0.25) is 0 Å². The molecule has 0 spiro atoms. The van der Waals surface area contributed by atoms with E-state index in [2.05, 4.69) is 18.4 Å². The second-order valence-corrected chi connectivity index (χ2v) is 10.6. The lowest BCUT2D eigenvalue weighted by molar-refractivity contribution is -0.161. The van der Waals surface area contributed by atoms with Crippen LogP contribution in [0.5, 0.6) is 0 Å². The van der Waals surface area contributed by atoms with E-state index in [4.69, 9.17) is 19.3 Å². The van der Waals surface area contributed by atoms with E-state index in [0.717, 1.165) is 51.4 Å². The van der Waals surface area contributed by atoms with Gasteiger partial charge >= 0.3 is 19.8 Å². The molecular formula is C26H51O8P. The van der Waals surface area contributed by atoms with Crippen LogP contribution in [0.15, 0.2) is 0 Å². The summed E-state index contributed by atoms with van der Waals surface area (Å²) >= 11 is 0. The van der Waals surface area contributed by atoms with Gasteiger partial charge in [0.05, 0.1) is 6.61 Å². The lowest BCUT2D eigenvalue weighted by Gasteiger charge is -2.18. The maximum atomic E-state index is 12.2. The summed E-state index contributed by atoms with van der Waals surface area (Å²) in [6.45, 7) is 3.56. The number of phosphoric ester groups is 1. The first kappa shape index (κ1) is 34.0. The minimum absolute atomic E-state index is 0.217. The second kappa shape index (κ2) is 23.4. The molecule has 0 aliphatic heterocycles. The summed E-state index contributed by atoms with van der Waals surface area (Å²) < 4.78 is 25.9. The highest BCUT2D eigenvalue weighted by Crippen LogP contribution is 2.35. The molecule has 9 heteroatoms. The Morgan fingerprint density at radius 3 is 1.46 bits per heavy atom. The SMILES string of the molecule is CCCCCCCCCCCCCC(=O)O[C@H](COC(=O)CCCCCCCC)COP(=O)(O)O. The van der Waals surface area contributed by atoms with Crippen LogP contribution in [0.1, 0.15) is 136 Å². The maximum absolute atomic E-state index is 12.2. The Morgan fingerprint density at radius 1 is 0.629 bits per heavy atom. The van der Waals surface area contributed by atoms with Gasteiger partial charge in [0.15, 0.2) is 6.10 Å². The van der Waals surface area contributed by atoms with Gasteiger partial charge in [0.25, 0.3) is 0 Å². The van der Waals surface area contributed by atoms with Crippen LogP contribution in [0.25, 0.3) is 0 Å². The molecule has 1 atom stereocenters. The number of rotatable bonds is 25. The molecule has 0 rings (SSSR count). The van der Waals surface area contributed by atoms with Crippen LogP contribution in [0.4, 0.5) is 0 Å². The number of ether oxygens (including phenoxy) is 2. The Hall–Kier alpha value is -0.950. The van der Waals surface area contributed by atoms with E-state index in [9.17, 15) is 14.2 Å². The molecule has 35 heavy (non-hydrogen) atoms. The lowest BCUT2D eigenvalue weighted by atomic mass is 10.1. The quantitative estimate of drug-likeness (QED) is 0.0747. The van der Waals surface area contributed by atoms with E-state index in [0.29, 0.717) is 6.42 Å². The van der Waals surface area contributed by atoms with Gasteiger partial charge < -0.3 is 19.3 Å². The molecule has 0 bridgehead atoms. The van der Waals surface area contributed by atoms with Crippen LogP contribution in [0.2, 0.25) is 0 Å². The first-order chi connectivity index (χ1) is 16.8. The van der Waals surface area contributed by atoms with E-state index >= 15 is 0 Å². The molecule has 0 amide bonds. The molecule has 0 radical (unpaired) electrons. The molecule has 0 aliphatic carbocycles. The highest BCUT2D eigenvalue weighted by atomic mass is 31.2. The van der Waals surface area contributed by atoms with Crippen molar-refractivity contribution in [1.29, 1.82) is 0 Å². The van der Waals surface area contributed by atoms with Gasteiger partial charge in [0, 0.05) is 12.8 Å². The predicted molar refractivity (Wildman–Crippen MR) is 138 cm³/mol. The Bertz CT molecular complexity index is 564. The predicted octanol–water partition coefficient (Wildman–Crippen LogP) is 7.00. The standard InChI is InChI=1S/C26H51O8P/c1-3-5-7-9-11-12-13-14-15-17-19-21-26(28)34-24(23-33-35(29,30)31)22-32-25(27)20-18-16-10-8-6-4-2/h24H,3-23H2,1-2H3,(H2,29,30,31)/t24-/m1/s1. The van der Waals surface area contributed by atoms with Crippen LogP contribution < -0.4 is 0 Å². The molecule has 0 heterocycles. The van der Waals surface area contributed by atoms with Crippen molar-refractivity contribution in [3.63, 3.8) is 0 Å². The zero-order valence-electron chi connectivity index (χ0n) is 22.2. The number of phosphoric acid groups is 1. The summed E-state index contributed by atoms with van der Waals surface area (Å²) in [6, 6.07) is 0. The average molecular weight is 523 g/mol. The van der Waals surface area contributed by atoms with Crippen LogP contribution in [-0.2, 0) is 28.2 Å². The third kappa shape index (κ3) is 25.9. The van der Waals surface area contributed by atoms with Gasteiger partial charge in [-0.2, -0.15) is 0 Å². The van der Waals surface area contributed by atoms with E-state index in [1.807, 2.05) is 0 Å². The molecule has 0 aliphatic rings. The number of hydrogen-bond acceptors (Lipinski definition) is 6. The Morgan fingerprint density at radius 2 is 1.03 bits per heavy atom. The van der Waals surface area contributed by atoms with Crippen LogP contribution in [-0.4, -0.2) is 41.0 Å². The molecule has 208 valence electrons. The Kier molecular flexibility index (Phi) is 22.8. The molecule has 8 nitrogen and oxygen atoms in total. The van der Waals surface area contributed by atoms with E-state index in [-0.39, 0.29) is 19.4 Å². The van der Waals surface area contributed by atoms with E-state index in [1.165, 1.54) is 51.4 Å². The monoisotopic (exact) mass is 522 g/mol. The van der Waals surface area contributed by atoms with Gasteiger partial charge in [-0.25, -0.2) is 4.57 Å². The van der Waals surface area contributed by atoms with Crippen molar-refractivity contribution in [3.8, 4) is 0 Å². The third-order valence-corrected chi connectivity index (χ3v) is 6.36. The third-order valence-electron chi connectivity index (χ3n) is 5.88. The molecule has 0 saturated carbocycles. The van der Waals surface area contributed by atoms with Gasteiger partial charge in [-0.3, -0.25) is 14.1 Å². The number of carbonyl (C=O) groups excluding carboxylic acids is 2. The van der Waals surface area contributed by atoms with Crippen molar-refractivity contribution < 1.29 is 37.9 Å². The molecule has 0 aromatic heterocycles. The van der Waals surface area contributed by atoms with Crippen molar-refractivity contribution >= 4 is 19.8 Å². The number of unbranched alkanes of at least 4 members (excludes halogenated alkanes) is 15. The van der Waals surface area contributed by atoms with Gasteiger partial charge in [-0.05, 0) is 12.8 Å². The second-order valence-electron chi connectivity index (χ2n) is 9.38. The Balaban J connectivity index is 4.07. The Labute approximate surface area is 213 Å². The smallest absolute Gasteiger partial charge is 0.462 e. The van der Waals surface area contributed by atoms with Crippen molar-refractivity contribution in [2.24, 2.45) is 0 Å². The number of esters is 2. The number of hydrogen-bond donors (Lipinski definition) is 2. The fourth-order valence-corrected chi connectivity index (χ4v) is 4.14. The zero-order valence-corrected chi connectivity index (χ0v) is 23.1. The van der Waals surface area contributed by atoms with Crippen molar-refractivity contribution in [2.75, 3.05) is 13.2 Å². The van der Waals surface area contributed by atoms with E-state index in [1.54, 1.807) is 0 Å². The topological polar surface area (TPSA) is 119 Å². The summed E-state index contributed by atoms with van der Waals surface area (Å²) in [4.78, 5) is 42.0. The van der Waals surface area contributed by atoms with E-state index < -0.39 is 32.5 Å². The summed E-state index contributed by atoms with van der Waals surface area (Å²) in [5, 5.41) is 0. The molecule has 0 aromatic rings. The number of carbonyl (C=O) groups is 2. The first-order valence-electron chi connectivity index (χ1n) is 13.8. The highest BCUT2D eigenvalue weighted by Gasteiger charge is 2.22. The van der Waals surface area contributed by atoms with Crippen molar-refractivity contribution in [1.82, 2.24) is 0 Å². The summed E-state index contributed by atoms with van der Waals surface area (Å²) in [5.74, 6) is -0.893. The fourth-order valence-electron chi connectivity index (χ4n) is 3.78. The van der Waals surface area contributed by atoms with Crippen molar-refractivity contribution in [2.45, 2.75) is 142 Å². The molecule has 0 unspecified atom stereocenters. The minimum Gasteiger partial charge on any atom is -0.462 e. The minimum atomic E-state index is -4.72. The summed E-state index contributed by atoms with van der Waals surface area (Å²) in [5.41, 5.74) is 0. The van der Waals surface area contributed by atoms with Crippen LogP contribution in [0, 0.1) is 0 Å². The van der Waals surface area contributed by atoms with Crippen LogP contribution >= 0.6 is 7.82 Å². The molecule has 0 fully saturated rings. The first-order valence-corrected chi connectivity index (χ1v) is 15.4.